The number of carbonyl (C=O) groups excluding carboxylic acids is 1. The smallest absolute Gasteiger partial charge is 0.310 e. The Labute approximate surface area is 123 Å². The summed E-state index contributed by atoms with van der Waals surface area (Å²) in [7, 11) is 3.23. The summed E-state index contributed by atoms with van der Waals surface area (Å²) in [5.41, 5.74) is 7.23. The quantitative estimate of drug-likeness (QED) is 0.667. The Morgan fingerprint density at radius 1 is 1.58 bits per heavy atom. The zero-order valence-electron chi connectivity index (χ0n) is 11.1. The molecule has 4 nitrogen and oxygen atoms in total. The molecule has 0 heterocycles. The summed E-state index contributed by atoms with van der Waals surface area (Å²) < 4.78 is 4.71. The Balaban J connectivity index is 2.98. The molecule has 6 heteroatoms. The highest BCUT2D eigenvalue weighted by atomic mass is 35.5. The van der Waals surface area contributed by atoms with E-state index in [1.807, 2.05) is 11.9 Å². The Kier molecular flexibility index (Phi) is 5.57. The van der Waals surface area contributed by atoms with Gasteiger partial charge in [0.15, 0.2) is 0 Å². The summed E-state index contributed by atoms with van der Waals surface area (Å²) in [6.07, 6.45) is 0. The highest BCUT2D eigenvalue weighted by Gasteiger charge is 2.18. The average Bonchev–Trinajstić information content (AvgIpc) is 2.36. The molecule has 0 amide bonds. The molecular formula is C13H17ClN2O2S. The van der Waals surface area contributed by atoms with Crippen molar-refractivity contribution >= 4 is 40.5 Å². The van der Waals surface area contributed by atoms with Crippen LogP contribution in [0.2, 0.25) is 5.02 Å². The van der Waals surface area contributed by atoms with Crippen LogP contribution in [0.15, 0.2) is 18.2 Å². The number of nitrogens with zero attached hydrogens (tertiary/aromatic N) is 1. The molecule has 1 atom stereocenters. The topological polar surface area (TPSA) is 55.6 Å². The fourth-order valence-electron chi connectivity index (χ4n) is 1.81. The minimum atomic E-state index is -0.259. The van der Waals surface area contributed by atoms with Crippen LogP contribution in [-0.2, 0) is 9.53 Å². The number of halogens is 1. The average molecular weight is 301 g/mol. The molecule has 19 heavy (non-hydrogen) atoms. The second-order valence-corrected chi connectivity index (χ2v) is 5.21. The summed E-state index contributed by atoms with van der Waals surface area (Å²) in [4.78, 5) is 13.6. The van der Waals surface area contributed by atoms with Gasteiger partial charge in [-0.15, -0.1) is 0 Å². The van der Waals surface area contributed by atoms with E-state index in [0.717, 1.165) is 11.3 Å². The molecule has 0 aliphatic rings. The second-order valence-electron chi connectivity index (χ2n) is 4.33. The van der Waals surface area contributed by atoms with Crippen molar-refractivity contribution in [1.82, 2.24) is 0 Å². The number of rotatable bonds is 5. The van der Waals surface area contributed by atoms with Crippen LogP contribution in [0.25, 0.3) is 0 Å². The fourth-order valence-corrected chi connectivity index (χ4v) is 2.15. The van der Waals surface area contributed by atoms with E-state index in [4.69, 9.17) is 34.3 Å². The third-order valence-electron chi connectivity index (χ3n) is 2.79. The van der Waals surface area contributed by atoms with Crippen LogP contribution in [0.1, 0.15) is 12.5 Å². The number of benzene rings is 1. The van der Waals surface area contributed by atoms with Crippen LogP contribution in [0.3, 0.4) is 0 Å². The van der Waals surface area contributed by atoms with E-state index >= 15 is 0 Å². The summed E-state index contributed by atoms with van der Waals surface area (Å²) in [6.45, 7) is 2.29. The summed E-state index contributed by atoms with van der Waals surface area (Å²) in [5.74, 6) is -0.515. The second kappa shape index (κ2) is 6.73. The van der Waals surface area contributed by atoms with Gasteiger partial charge in [-0.2, -0.15) is 0 Å². The van der Waals surface area contributed by atoms with Crippen LogP contribution >= 0.6 is 23.8 Å². The molecule has 0 aromatic heterocycles. The first-order chi connectivity index (χ1) is 8.86. The number of esters is 1. The van der Waals surface area contributed by atoms with E-state index in [-0.39, 0.29) is 11.9 Å². The predicted molar refractivity (Wildman–Crippen MR) is 81.8 cm³/mol. The van der Waals surface area contributed by atoms with Crippen molar-refractivity contribution in [3.8, 4) is 0 Å². The molecule has 0 bridgehead atoms. The van der Waals surface area contributed by atoms with E-state index in [1.54, 1.807) is 25.1 Å². The van der Waals surface area contributed by atoms with Crippen molar-refractivity contribution in [2.75, 3.05) is 25.6 Å². The Morgan fingerprint density at radius 2 is 2.21 bits per heavy atom. The SMILES string of the molecule is COC(=O)C(C)CN(C)c1cc(Cl)ccc1C(N)=S. The zero-order chi connectivity index (χ0) is 14.6. The van der Waals surface area contributed by atoms with Gasteiger partial charge in [-0.3, -0.25) is 4.79 Å². The predicted octanol–water partition coefficient (Wildman–Crippen LogP) is 2.22. The van der Waals surface area contributed by atoms with E-state index in [0.29, 0.717) is 16.6 Å². The minimum absolute atomic E-state index is 0.256. The zero-order valence-corrected chi connectivity index (χ0v) is 12.7. The molecule has 0 fully saturated rings. The molecule has 0 spiro atoms. The lowest BCUT2D eigenvalue weighted by Crippen LogP contribution is -2.30. The van der Waals surface area contributed by atoms with Gasteiger partial charge in [0.2, 0.25) is 0 Å². The normalized spacial score (nSPS) is 11.8. The number of methoxy groups -OCH3 is 1. The van der Waals surface area contributed by atoms with Crippen molar-refractivity contribution in [3.63, 3.8) is 0 Å². The number of carbonyl (C=O) groups is 1. The van der Waals surface area contributed by atoms with Gasteiger partial charge in [-0.1, -0.05) is 30.7 Å². The number of hydrogen-bond donors (Lipinski definition) is 1. The van der Waals surface area contributed by atoms with Crippen molar-refractivity contribution in [1.29, 1.82) is 0 Å². The van der Waals surface area contributed by atoms with Crippen LogP contribution in [0.5, 0.6) is 0 Å². The van der Waals surface area contributed by atoms with Crippen molar-refractivity contribution in [2.24, 2.45) is 11.7 Å². The lowest BCUT2D eigenvalue weighted by Gasteiger charge is -2.24. The molecule has 1 unspecified atom stereocenters. The Morgan fingerprint density at radius 3 is 2.74 bits per heavy atom. The maximum atomic E-state index is 11.4. The molecular weight excluding hydrogens is 284 g/mol. The largest absolute Gasteiger partial charge is 0.469 e. The molecule has 1 rings (SSSR count). The molecule has 0 radical (unpaired) electrons. The van der Waals surface area contributed by atoms with Crippen LogP contribution in [-0.4, -0.2) is 31.7 Å². The molecule has 0 aliphatic heterocycles. The molecule has 1 aromatic rings. The number of thiocarbonyl (C=S) groups is 1. The third-order valence-corrected chi connectivity index (χ3v) is 3.24. The van der Waals surface area contributed by atoms with Gasteiger partial charge in [0.1, 0.15) is 4.99 Å². The number of anilines is 1. The Bertz CT molecular complexity index is 494. The van der Waals surface area contributed by atoms with E-state index in [1.165, 1.54) is 7.11 Å². The van der Waals surface area contributed by atoms with Gasteiger partial charge in [-0.25, -0.2) is 0 Å². The first-order valence-electron chi connectivity index (χ1n) is 5.75. The highest BCUT2D eigenvalue weighted by Crippen LogP contribution is 2.25. The first kappa shape index (κ1) is 15.7. The minimum Gasteiger partial charge on any atom is -0.469 e. The fraction of sp³-hybridized carbons (Fsp3) is 0.385. The van der Waals surface area contributed by atoms with Crippen LogP contribution in [0.4, 0.5) is 5.69 Å². The van der Waals surface area contributed by atoms with E-state index < -0.39 is 0 Å². The van der Waals surface area contributed by atoms with Gasteiger partial charge in [-0.05, 0) is 18.2 Å². The lowest BCUT2D eigenvalue weighted by atomic mass is 10.1. The standard InChI is InChI=1S/C13H17ClN2O2S/c1-8(13(17)18-3)7-16(2)11-6-9(14)4-5-10(11)12(15)19/h4-6,8H,7H2,1-3H3,(H2,15,19). The van der Waals surface area contributed by atoms with Crippen LogP contribution in [0, 0.1) is 5.92 Å². The molecule has 104 valence electrons. The third kappa shape index (κ3) is 4.08. The highest BCUT2D eigenvalue weighted by molar-refractivity contribution is 7.80. The molecule has 1 aromatic carbocycles. The van der Waals surface area contributed by atoms with Gasteiger partial charge >= 0.3 is 5.97 Å². The van der Waals surface area contributed by atoms with Crippen molar-refractivity contribution in [3.05, 3.63) is 28.8 Å². The van der Waals surface area contributed by atoms with Crippen molar-refractivity contribution in [2.45, 2.75) is 6.92 Å². The Hall–Kier alpha value is -1.33. The van der Waals surface area contributed by atoms with Gasteiger partial charge in [0, 0.05) is 29.9 Å². The van der Waals surface area contributed by atoms with Gasteiger partial charge in [0.05, 0.1) is 13.0 Å². The number of nitrogens with two attached hydrogens (primary N) is 1. The maximum Gasteiger partial charge on any atom is 0.310 e. The lowest BCUT2D eigenvalue weighted by molar-refractivity contribution is -0.144. The van der Waals surface area contributed by atoms with E-state index in [2.05, 4.69) is 0 Å². The molecule has 0 saturated carbocycles. The summed E-state index contributed by atoms with van der Waals surface area (Å²) >= 11 is 11.0. The summed E-state index contributed by atoms with van der Waals surface area (Å²) in [6, 6.07) is 5.29. The van der Waals surface area contributed by atoms with Crippen LogP contribution < -0.4 is 10.6 Å². The van der Waals surface area contributed by atoms with Crippen molar-refractivity contribution < 1.29 is 9.53 Å². The summed E-state index contributed by atoms with van der Waals surface area (Å²) in [5, 5.41) is 0.590. The maximum absolute atomic E-state index is 11.4. The number of hydrogen-bond acceptors (Lipinski definition) is 4. The monoisotopic (exact) mass is 300 g/mol. The van der Waals surface area contributed by atoms with Gasteiger partial charge in [0.25, 0.3) is 0 Å². The molecule has 0 saturated heterocycles. The molecule has 0 aliphatic carbocycles. The number of ether oxygens (including phenoxy) is 1. The van der Waals surface area contributed by atoms with Gasteiger partial charge < -0.3 is 15.4 Å². The molecule has 2 N–H and O–H groups in total. The van der Waals surface area contributed by atoms with E-state index in [9.17, 15) is 4.79 Å². The first-order valence-corrected chi connectivity index (χ1v) is 6.53.